The van der Waals surface area contributed by atoms with Gasteiger partial charge >= 0.3 is 5.97 Å². The number of esters is 1. The van der Waals surface area contributed by atoms with Gasteiger partial charge in [-0.2, -0.15) is 0 Å². The third-order valence-electron chi connectivity index (χ3n) is 8.00. The Kier molecular flexibility index (Phi) is 9.36. The maximum absolute atomic E-state index is 13.0. The molecule has 1 aliphatic carbocycles. The number of piperidine rings is 1. The average Bonchev–Trinajstić information content (AvgIpc) is 3.75. The molecule has 0 radical (unpaired) electrons. The summed E-state index contributed by atoms with van der Waals surface area (Å²) >= 11 is 0. The van der Waals surface area contributed by atoms with Crippen LogP contribution in [0.2, 0.25) is 0 Å². The van der Waals surface area contributed by atoms with Gasteiger partial charge in [-0.25, -0.2) is 4.98 Å². The number of aromatic nitrogens is 1. The van der Waals surface area contributed by atoms with Gasteiger partial charge in [0.1, 0.15) is 24.2 Å². The topological polar surface area (TPSA) is 147 Å². The van der Waals surface area contributed by atoms with Crippen LogP contribution in [0.3, 0.4) is 0 Å². The predicted molar refractivity (Wildman–Crippen MR) is 151 cm³/mol. The number of likely N-dealkylation sites (tertiary alicyclic amines) is 1. The van der Waals surface area contributed by atoms with Crippen molar-refractivity contribution in [1.82, 2.24) is 20.5 Å². The van der Waals surface area contributed by atoms with E-state index < -0.39 is 18.1 Å². The number of aliphatic hydroxyl groups is 1. The standard InChI is InChI=1S/C31H38N4O7/c1-19(33-27(37)12-14-36)29(22-8-6-21(7-9-22)20-4-5-20)42-25-10-11-26(32-16-25)30(39)34-24-3-2-13-35(17-24)31(40)23-15-28(38)41-18-23/h6-11,16,19-20,23-24,29,36H,2-5,12-15,17-18H2,1H3,(H,33,37)(H,34,39)/t19-,23+,24-,29-/m0/s1. The molecule has 3 aliphatic rings. The maximum Gasteiger partial charge on any atom is 0.306 e. The van der Waals surface area contributed by atoms with Crippen molar-refractivity contribution in [2.45, 2.75) is 69.6 Å². The minimum atomic E-state index is -0.520. The van der Waals surface area contributed by atoms with E-state index in [2.05, 4.69) is 27.8 Å². The largest absolute Gasteiger partial charge is 0.482 e. The second-order valence-electron chi connectivity index (χ2n) is 11.4. The lowest BCUT2D eigenvalue weighted by Crippen LogP contribution is -2.51. The Balaban J connectivity index is 1.20. The van der Waals surface area contributed by atoms with Gasteiger partial charge in [0.05, 0.1) is 31.2 Å². The highest BCUT2D eigenvalue weighted by Gasteiger charge is 2.35. The molecule has 3 fully saturated rings. The van der Waals surface area contributed by atoms with Crippen molar-refractivity contribution >= 4 is 23.7 Å². The Morgan fingerprint density at radius 1 is 1.14 bits per heavy atom. The molecule has 5 rings (SSSR count). The summed E-state index contributed by atoms with van der Waals surface area (Å²) in [6.45, 7) is 2.68. The van der Waals surface area contributed by atoms with Gasteiger partial charge in [-0.05, 0) is 61.8 Å². The summed E-state index contributed by atoms with van der Waals surface area (Å²) < 4.78 is 11.2. The first-order valence-corrected chi connectivity index (χ1v) is 14.7. The van der Waals surface area contributed by atoms with Crippen LogP contribution < -0.4 is 15.4 Å². The summed E-state index contributed by atoms with van der Waals surface area (Å²) in [6.07, 6.45) is 4.95. The van der Waals surface area contributed by atoms with Crippen LogP contribution in [-0.4, -0.2) is 77.1 Å². The quantitative estimate of drug-likeness (QED) is 0.344. The number of benzene rings is 1. The fourth-order valence-electron chi connectivity index (χ4n) is 5.55. The molecule has 3 heterocycles. The second kappa shape index (κ2) is 13.3. The Morgan fingerprint density at radius 2 is 1.93 bits per heavy atom. The van der Waals surface area contributed by atoms with E-state index in [0.717, 1.165) is 18.4 Å². The number of pyridine rings is 1. The van der Waals surface area contributed by atoms with Crippen molar-refractivity contribution in [1.29, 1.82) is 0 Å². The van der Waals surface area contributed by atoms with Crippen LogP contribution in [0.5, 0.6) is 5.75 Å². The van der Waals surface area contributed by atoms with Gasteiger partial charge in [-0.3, -0.25) is 19.2 Å². The van der Waals surface area contributed by atoms with E-state index in [-0.39, 0.29) is 61.5 Å². The molecule has 4 atom stereocenters. The minimum absolute atomic E-state index is 0.00459. The van der Waals surface area contributed by atoms with Gasteiger partial charge in [-0.1, -0.05) is 24.3 Å². The minimum Gasteiger partial charge on any atom is -0.482 e. The van der Waals surface area contributed by atoms with Crippen molar-refractivity contribution in [2.75, 3.05) is 26.3 Å². The molecule has 0 spiro atoms. The zero-order valence-electron chi connectivity index (χ0n) is 23.8. The summed E-state index contributed by atoms with van der Waals surface area (Å²) in [6, 6.07) is 10.8. The molecule has 1 saturated carbocycles. The van der Waals surface area contributed by atoms with Crippen LogP contribution in [0.1, 0.15) is 79.1 Å². The smallest absolute Gasteiger partial charge is 0.306 e. The number of cyclic esters (lactones) is 1. The van der Waals surface area contributed by atoms with Crippen LogP contribution >= 0.6 is 0 Å². The van der Waals surface area contributed by atoms with Crippen molar-refractivity contribution in [2.24, 2.45) is 5.92 Å². The SMILES string of the molecule is C[C@H](NC(=O)CCO)[C@H](Oc1ccc(C(=O)N[C@H]2CCCN(C(=O)[C@H]3COC(=O)C3)C2)nc1)c1ccc(C2CC2)cc1. The number of carbonyl (C=O) groups is 4. The van der Waals surface area contributed by atoms with Crippen molar-refractivity contribution in [3.8, 4) is 5.75 Å². The highest BCUT2D eigenvalue weighted by atomic mass is 16.5. The Morgan fingerprint density at radius 3 is 2.57 bits per heavy atom. The van der Waals surface area contributed by atoms with E-state index in [9.17, 15) is 19.2 Å². The van der Waals surface area contributed by atoms with E-state index in [1.54, 1.807) is 17.0 Å². The predicted octanol–water partition coefficient (Wildman–Crippen LogP) is 2.25. The van der Waals surface area contributed by atoms with Crippen molar-refractivity contribution in [3.63, 3.8) is 0 Å². The molecule has 1 aromatic carbocycles. The number of hydrogen-bond donors (Lipinski definition) is 3. The molecule has 2 aliphatic heterocycles. The number of ether oxygens (including phenoxy) is 2. The lowest BCUT2D eigenvalue weighted by Gasteiger charge is -2.34. The highest BCUT2D eigenvalue weighted by molar-refractivity contribution is 5.92. The third-order valence-corrected chi connectivity index (χ3v) is 8.00. The van der Waals surface area contributed by atoms with Gasteiger partial charge in [-0.15, -0.1) is 0 Å². The molecule has 1 aromatic heterocycles. The summed E-state index contributed by atoms with van der Waals surface area (Å²) in [5.41, 5.74) is 2.40. The number of amides is 3. The van der Waals surface area contributed by atoms with Crippen molar-refractivity contribution in [3.05, 3.63) is 59.4 Å². The third kappa shape index (κ3) is 7.44. The van der Waals surface area contributed by atoms with Gasteiger partial charge in [0, 0.05) is 25.6 Å². The number of nitrogens with one attached hydrogen (secondary N) is 2. The Bertz CT molecular complexity index is 1280. The van der Waals surface area contributed by atoms with E-state index in [1.807, 2.05) is 19.1 Å². The molecule has 3 N–H and O–H groups in total. The molecule has 224 valence electrons. The Labute approximate surface area is 245 Å². The normalized spacial score (nSPS) is 21.7. The van der Waals surface area contributed by atoms with Crippen LogP contribution in [0.25, 0.3) is 0 Å². The van der Waals surface area contributed by atoms with Crippen LogP contribution in [0, 0.1) is 5.92 Å². The number of nitrogens with zero attached hydrogens (tertiary/aromatic N) is 2. The summed E-state index contributed by atoms with van der Waals surface area (Å²) in [5, 5.41) is 15.0. The molecule has 3 amide bonds. The Hall–Kier alpha value is -3.99. The second-order valence-corrected chi connectivity index (χ2v) is 11.4. The number of rotatable bonds is 11. The first-order chi connectivity index (χ1) is 20.3. The molecule has 0 unspecified atom stereocenters. The molecular weight excluding hydrogens is 540 g/mol. The van der Waals surface area contributed by atoms with Gasteiger partial charge in [0.2, 0.25) is 11.8 Å². The van der Waals surface area contributed by atoms with Crippen LogP contribution in [-0.2, 0) is 19.1 Å². The maximum atomic E-state index is 13.0. The van der Waals surface area contributed by atoms with Gasteiger partial charge in [0.25, 0.3) is 5.91 Å². The van der Waals surface area contributed by atoms with Crippen LogP contribution in [0.15, 0.2) is 42.6 Å². The van der Waals surface area contributed by atoms with Crippen LogP contribution in [0.4, 0.5) is 0 Å². The lowest BCUT2D eigenvalue weighted by atomic mass is 10.00. The van der Waals surface area contributed by atoms with Crippen molar-refractivity contribution < 1.29 is 33.8 Å². The summed E-state index contributed by atoms with van der Waals surface area (Å²) in [4.78, 5) is 55.4. The molecule has 42 heavy (non-hydrogen) atoms. The molecule has 0 bridgehead atoms. The van der Waals surface area contributed by atoms with E-state index in [1.165, 1.54) is 24.6 Å². The molecule has 11 nitrogen and oxygen atoms in total. The number of hydrogen-bond acceptors (Lipinski definition) is 8. The average molecular weight is 579 g/mol. The van der Waals surface area contributed by atoms with Gasteiger partial charge in [0.15, 0.2) is 0 Å². The summed E-state index contributed by atoms with van der Waals surface area (Å²) in [7, 11) is 0. The van der Waals surface area contributed by atoms with E-state index in [4.69, 9.17) is 14.6 Å². The zero-order valence-corrected chi connectivity index (χ0v) is 23.8. The molecule has 11 heteroatoms. The highest BCUT2D eigenvalue weighted by Crippen LogP contribution is 2.40. The fraction of sp³-hybridized carbons (Fsp3) is 0.516. The first-order valence-electron chi connectivity index (χ1n) is 14.7. The fourth-order valence-corrected chi connectivity index (χ4v) is 5.55. The van der Waals surface area contributed by atoms with E-state index in [0.29, 0.717) is 24.8 Å². The number of aliphatic hydroxyl groups excluding tert-OH is 1. The monoisotopic (exact) mass is 578 g/mol. The molecule has 2 aromatic rings. The van der Waals surface area contributed by atoms with E-state index >= 15 is 0 Å². The first kappa shape index (κ1) is 29.5. The summed E-state index contributed by atoms with van der Waals surface area (Å²) in [5.74, 6) is -0.484. The number of carbonyl (C=O) groups excluding carboxylic acids is 4. The molecule has 2 saturated heterocycles. The lowest BCUT2D eigenvalue weighted by molar-refractivity contribution is -0.138. The van der Waals surface area contributed by atoms with Gasteiger partial charge < -0.3 is 30.1 Å². The molecular formula is C31H38N4O7. The zero-order chi connectivity index (χ0) is 29.6.